The van der Waals surface area contributed by atoms with Gasteiger partial charge in [0.1, 0.15) is 11.9 Å². The van der Waals surface area contributed by atoms with E-state index in [1.165, 1.54) is 6.42 Å². The summed E-state index contributed by atoms with van der Waals surface area (Å²) in [6.45, 7) is 3.95. The summed E-state index contributed by atoms with van der Waals surface area (Å²) in [6.07, 6.45) is 7.56. The van der Waals surface area contributed by atoms with Crippen LogP contribution < -0.4 is 15.5 Å². The van der Waals surface area contributed by atoms with Gasteiger partial charge in [0, 0.05) is 30.8 Å². The van der Waals surface area contributed by atoms with Crippen molar-refractivity contribution in [3.05, 3.63) is 89.6 Å². The summed E-state index contributed by atoms with van der Waals surface area (Å²) >= 11 is 0. The minimum absolute atomic E-state index is 0.114. The summed E-state index contributed by atoms with van der Waals surface area (Å²) in [5.74, 6) is -0.0854. The molecule has 204 valence electrons. The van der Waals surface area contributed by atoms with Crippen molar-refractivity contribution in [2.24, 2.45) is 0 Å². The lowest BCUT2D eigenvalue weighted by atomic mass is 9.94. The molecule has 0 spiro atoms. The van der Waals surface area contributed by atoms with E-state index in [0.717, 1.165) is 42.4 Å². The van der Waals surface area contributed by atoms with Crippen LogP contribution in [-0.4, -0.2) is 28.7 Å². The van der Waals surface area contributed by atoms with Crippen LogP contribution in [0.3, 0.4) is 0 Å². The molecule has 39 heavy (non-hydrogen) atoms. The van der Waals surface area contributed by atoms with Gasteiger partial charge in [-0.2, -0.15) is 0 Å². The number of carbonyl (C=O) groups excluding carboxylic acids is 3. The lowest BCUT2D eigenvalue weighted by Gasteiger charge is -2.34. The standard InChI is InChI=1S/C32H38N4O3/c1-23-18-20-25(21-19-23)31(32(39)34-26-12-4-3-5-13-26)36(27-14-7-6-11-24(27)2)30(38)17-10-16-29(37)35-28-15-8-9-22-33-28/h6-9,11,14-15,18-22,26,31H,3-5,10,12-13,16-17H2,1-2H3,(H,34,39)(H,33,35,37)/t31-/m1/s1. The highest BCUT2D eigenvalue weighted by molar-refractivity contribution is 6.02. The quantitative estimate of drug-likeness (QED) is 0.337. The zero-order valence-electron chi connectivity index (χ0n) is 22.9. The predicted octanol–water partition coefficient (Wildman–Crippen LogP) is 6.03. The molecule has 1 atom stereocenters. The molecule has 4 rings (SSSR count). The molecule has 0 aliphatic heterocycles. The van der Waals surface area contributed by atoms with E-state index >= 15 is 0 Å². The van der Waals surface area contributed by atoms with Gasteiger partial charge in [0.2, 0.25) is 17.7 Å². The van der Waals surface area contributed by atoms with Crippen molar-refractivity contribution in [1.82, 2.24) is 10.3 Å². The van der Waals surface area contributed by atoms with Crippen LogP contribution in [0.15, 0.2) is 72.9 Å². The zero-order chi connectivity index (χ0) is 27.6. The molecule has 0 saturated heterocycles. The van der Waals surface area contributed by atoms with Crippen LogP contribution in [0.4, 0.5) is 11.5 Å². The molecule has 0 unspecified atom stereocenters. The van der Waals surface area contributed by atoms with Crippen LogP contribution in [-0.2, 0) is 14.4 Å². The van der Waals surface area contributed by atoms with E-state index in [1.807, 2.05) is 62.4 Å². The highest BCUT2D eigenvalue weighted by Gasteiger charge is 2.34. The Morgan fingerprint density at radius 3 is 2.31 bits per heavy atom. The molecule has 1 fully saturated rings. The molecule has 2 N–H and O–H groups in total. The highest BCUT2D eigenvalue weighted by Crippen LogP contribution is 2.32. The first-order valence-corrected chi connectivity index (χ1v) is 13.9. The molecular weight excluding hydrogens is 488 g/mol. The molecule has 1 aromatic heterocycles. The first-order valence-electron chi connectivity index (χ1n) is 13.9. The molecule has 1 aliphatic carbocycles. The number of amides is 3. The summed E-state index contributed by atoms with van der Waals surface area (Å²) in [4.78, 5) is 46.1. The molecule has 3 amide bonds. The number of benzene rings is 2. The van der Waals surface area contributed by atoms with Gasteiger partial charge in [0.25, 0.3) is 0 Å². The number of para-hydroxylation sites is 1. The molecule has 1 heterocycles. The van der Waals surface area contributed by atoms with Gasteiger partial charge in [0.15, 0.2) is 0 Å². The van der Waals surface area contributed by atoms with Gasteiger partial charge in [-0.1, -0.05) is 73.4 Å². The molecule has 7 nitrogen and oxygen atoms in total. The summed E-state index contributed by atoms with van der Waals surface area (Å²) < 4.78 is 0. The number of aromatic nitrogens is 1. The first kappa shape index (κ1) is 28.0. The Kier molecular flexibility index (Phi) is 9.84. The molecule has 1 saturated carbocycles. The first-order chi connectivity index (χ1) is 18.9. The fourth-order valence-electron chi connectivity index (χ4n) is 5.11. The van der Waals surface area contributed by atoms with Gasteiger partial charge in [0.05, 0.1) is 0 Å². The van der Waals surface area contributed by atoms with Crippen molar-refractivity contribution in [3.8, 4) is 0 Å². The fraction of sp³-hybridized carbons (Fsp3) is 0.375. The molecule has 1 aliphatic rings. The van der Waals surface area contributed by atoms with Gasteiger partial charge < -0.3 is 10.6 Å². The number of nitrogens with one attached hydrogen (secondary N) is 2. The van der Waals surface area contributed by atoms with Gasteiger partial charge in [-0.15, -0.1) is 0 Å². The Balaban J connectivity index is 1.58. The van der Waals surface area contributed by atoms with Crippen LogP contribution in [0.5, 0.6) is 0 Å². The van der Waals surface area contributed by atoms with Crippen LogP contribution in [0.2, 0.25) is 0 Å². The second-order valence-electron chi connectivity index (χ2n) is 10.3. The maximum Gasteiger partial charge on any atom is 0.248 e. The van der Waals surface area contributed by atoms with Crippen molar-refractivity contribution < 1.29 is 14.4 Å². The van der Waals surface area contributed by atoms with Crippen LogP contribution in [0.1, 0.15) is 74.1 Å². The summed E-state index contributed by atoms with van der Waals surface area (Å²) in [6, 6.07) is 20.0. The van der Waals surface area contributed by atoms with Crippen molar-refractivity contribution in [2.45, 2.75) is 77.3 Å². The number of rotatable bonds is 10. The van der Waals surface area contributed by atoms with E-state index in [4.69, 9.17) is 0 Å². The molecule has 0 radical (unpaired) electrons. The molecule has 2 aromatic carbocycles. The number of carbonyl (C=O) groups is 3. The highest BCUT2D eigenvalue weighted by atomic mass is 16.2. The van der Waals surface area contributed by atoms with Crippen molar-refractivity contribution in [1.29, 1.82) is 0 Å². The van der Waals surface area contributed by atoms with Crippen molar-refractivity contribution >= 4 is 29.2 Å². The third-order valence-corrected chi connectivity index (χ3v) is 7.22. The Hall–Kier alpha value is -4.00. The monoisotopic (exact) mass is 526 g/mol. The maximum atomic E-state index is 13.9. The number of anilines is 2. The second-order valence-corrected chi connectivity index (χ2v) is 10.3. The van der Waals surface area contributed by atoms with Crippen LogP contribution in [0.25, 0.3) is 0 Å². The number of hydrogen-bond acceptors (Lipinski definition) is 4. The Morgan fingerprint density at radius 1 is 0.897 bits per heavy atom. The van der Waals surface area contributed by atoms with E-state index in [-0.39, 0.29) is 36.6 Å². The molecule has 7 heteroatoms. The topological polar surface area (TPSA) is 91.4 Å². The molecular formula is C32H38N4O3. The normalized spacial score (nSPS) is 14.3. The minimum Gasteiger partial charge on any atom is -0.351 e. The van der Waals surface area contributed by atoms with Crippen LogP contribution in [0, 0.1) is 13.8 Å². The summed E-state index contributed by atoms with van der Waals surface area (Å²) in [7, 11) is 0. The lowest BCUT2D eigenvalue weighted by Crippen LogP contribution is -2.47. The van der Waals surface area contributed by atoms with Gasteiger partial charge in [-0.25, -0.2) is 4.98 Å². The van der Waals surface area contributed by atoms with Crippen molar-refractivity contribution in [3.63, 3.8) is 0 Å². The van der Waals surface area contributed by atoms with E-state index in [9.17, 15) is 14.4 Å². The number of pyridine rings is 1. The summed E-state index contributed by atoms with van der Waals surface area (Å²) in [5.41, 5.74) is 3.45. The van der Waals surface area contributed by atoms with Gasteiger partial charge in [-0.05, 0) is 62.4 Å². The van der Waals surface area contributed by atoms with E-state index < -0.39 is 6.04 Å². The average molecular weight is 527 g/mol. The van der Waals surface area contributed by atoms with E-state index in [2.05, 4.69) is 15.6 Å². The predicted molar refractivity (Wildman–Crippen MR) is 154 cm³/mol. The second kappa shape index (κ2) is 13.7. The lowest BCUT2D eigenvalue weighted by molar-refractivity contribution is -0.127. The van der Waals surface area contributed by atoms with Crippen LogP contribution >= 0.6 is 0 Å². The maximum absolute atomic E-state index is 13.9. The zero-order valence-corrected chi connectivity index (χ0v) is 22.9. The van der Waals surface area contributed by atoms with Crippen molar-refractivity contribution in [2.75, 3.05) is 10.2 Å². The SMILES string of the molecule is Cc1ccc([C@H](C(=O)NC2CCCCC2)N(C(=O)CCCC(=O)Nc2ccccn2)c2ccccc2C)cc1. The average Bonchev–Trinajstić information content (AvgIpc) is 2.94. The fourth-order valence-corrected chi connectivity index (χ4v) is 5.11. The van der Waals surface area contributed by atoms with Gasteiger partial charge in [-0.3, -0.25) is 19.3 Å². The third-order valence-electron chi connectivity index (χ3n) is 7.22. The number of hydrogen-bond donors (Lipinski definition) is 2. The Labute approximate surface area is 231 Å². The van der Waals surface area contributed by atoms with E-state index in [1.54, 1.807) is 29.3 Å². The number of aryl methyl sites for hydroxylation is 2. The number of nitrogens with zero attached hydrogens (tertiary/aromatic N) is 2. The minimum atomic E-state index is -0.816. The Morgan fingerprint density at radius 2 is 1.62 bits per heavy atom. The smallest absolute Gasteiger partial charge is 0.248 e. The third kappa shape index (κ3) is 7.76. The molecule has 3 aromatic rings. The largest absolute Gasteiger partial charge is 0.351 e. The molecule has 0 bridgehead atoms. The van der Waals surface area contributed by atoms with E-state index in [0.29, 0.717) is 17.9 Å². The summed E-state index contributed by atoms with van der Waals surface area (Å²) in [5, 5.41) is 6.02. The van der Waals surface area contributed by atoms with Gasteiger partial charge >= 0.3 is 0 Å². The Bertz CT molecular complexity index is 1250.